The predicted molar refractivity (Wildman–Crippen MR) is 70.2 cm³/mol. The molecular weight excluding hydrogens is 289 g/mol. The molecule has 0 heterocycles. The summed E-state index contributed by atoms with van der Waals surface area (Å²) >= 11 is 0. The number of ether oxygens (including phenoxy) is 2. The Hall–Kier alpha value is -1.96. The van der Waals surface area contributed by atoms with Gasteiger partial charge in [0.15, 0.2) is 18.1 Å². The molecule has 1 atom stereocenters. The van der Waals surface area contributed by atoms with Gasteiger partial charge in [-0.2, -0.15) is 13.2 Å². The van der Waals surface area contributed by atoms with Crippen molar-refractivity contribution < 1.29 is 27.4 Å². The Bertz CT molecular complexity index is 490. The lowest BCUT2D eigenvalue weighted by Crippen LogP contribution is -2.36. The topological polar surface area (TPSA) is 73.6 Å². The van der Waals surface area contributed by atoms with Gasteiger partial charge in [0.2, 0.25) is 0 Å². The molecule has 5 nitrogen and oxygen atoms in total. The van der Waals surface area contributed by atoms with Gasteiger partial charge in [0.1, 0.15) is 6.54 Å². The van der Waals surface area contributed by atoms with Gasteiger partial charge in [-0.25, -0.2) is 0 Å². The summed E-state index contributed by atoms with van der Waals surface area (Å²) in [6.07, 6.45) is -4.45. The number of hydrogen-bond acceptors (Lipinski definition) is 4. The van der Waals surface area contributed by atoms with Crippen molar-refractivity contribution in [1.29, 1.82) is 0 Å². The monoisotopic (exact) mass is 306 g/mol. The standard InChI is InChI=1S/C13H17F3N2O3/c1-8(17)9-3-4-10(11(5-9)20-2)21-6-12(19)18-7-13(14,15)16/h3-5,8H,6-7,17H2,1-2H3,(H,18,19)/t8-/m1/s1. The number of hydrogen-bond donors (Lipinski definition) is 2. The molecule has 1 rings (SSSR count). The maximum Gasteiger partial charge on any atom is 0.405 e. The fourth-order valence-electron chi connectivity index (χ4n) is 1.48. The van der Waals surface area contributed by atoms with E-state index in [4.69, 9.17) is 15.2 Å². The quantitative estimate of drug-likeness (QED) is 0.840. The SMILES string of the molecule is COc1cc([C@@H](C)N)ccc1OCC(=O)NCC(F)(F)F. The van der Waals surface area contributed by atoms with E-state index in [0.29, 0.717) is 5.75 Å². The molecule has 1 amide bonds. The van der Waals surface area contributed by atoms with Crippen molar-refractivity contribution in [2.45, 2.75) is 19.1 Å². The number of alkyl halides is 3. The van der Waals surface area contributed by atoms with Crippen molar-refractivity contribution >= 4 is 5.91 Å². The number of methoxy groups -OCH3 is 1. The number of carbonyl (C=O) groups is 1. The van der Waals surface area contributed by atoms with Crippen molar-refractivity contribution in [1.82, 2.24) is 5.32 Å². The van der Waals surface area contributed by atoms with Crippen molar-refractivity contribution in [3.8, 4) is 11.5 Å². The van der Waals surface area contributed by atoms with E-state index in [0.717, 1.165) is 5.56 Å². The van der Waals surface area contributed by atoms with Gasteiger partial charge in [0.05, 0.1) is 7.11 Å². The van der Waals surface area contributed by atoms with Crippen LogP contribution in [0.1, 0.15) is 18.5 Å². The molecule has 1 aromatic carbocycles. The van der Waals surface area contributed by atoms with Crippen molar-refractivity contribution in [3.63, 3.8) is 0 Å². The van der Waals surface area contributed by atoms with Crippen molar-refractivity contribution in [2.24, 2.45) is 5.73 Å². The minimum absolute atomic E-state index is 0.206. The van der Waals surface area contributed by atoms with Gasteiger partial charge in [-0.3, -0.25) is 4.79 Å². The van der Waals surface area contributed by atoms with E-state index >= 15 is 0 Å². The summed E-state index contributed by atoms with van der Waals surface area (Å²) < 4.78 is 46.0. The number of rotatable bonds is 6. The van der Waals surface area contributed by atoms with Gasteiger partial charge in [0, 0.05) is 6.04 Å². The molecule has 0 aliphatic rings. The molecule has 0 aliphatic carbocycles. The molecule has 0 bridgehead atoms. The average molecular weight is 306 g/mol. The van der Waals surface area contributed by atoms with E-state index in [1.54, 1.807) is 30.4 Å². The summed E-state index contributed by atoms with van der Waals surface area (Å²) in [7, 11) is 1.41. The number of nitrogens with one attached hydrogen (secondary N) is 1. The molecule has 0 fully saturated rings. The van der Waals surface area contributed by atoms with Crippen LogP contribution >= 0.6 is 0 Å². The summed E-state index contributed by atoms with van der Waals surface area (Å²) in [5, 5.41) is 1.71. The van der Waals surface area contributed by atoms with Crippen LogP contribution in [0.4, 0.5) is 13.2 Å². The zero-order valence-corrected chi connectivity index (χ0v) is 11.7. The zero-order chi connectivity index (χ0) is 16.0. The predicted octanol–water partition coefficient (Wildman–Crippen LogP) is 1.77. The minimum Gasteiger partial charge on any atom is -0.493 e. The molecule has 21 heavy (non-hydrogen) atoms. The smallest absolute Gasteiger partial charge is 0.405 e. The third-order valence-electron chi connectivity index (χ3n) is 2.56. The third kappa shape index (κ3) is 5.90. The van der Waals surface area contributed by atoms with Gasteiger partial charge in [0.25, 0.3) is 5.91 Å². The molecule has 0 saturated heterocycles. The van der Waals surface area contributed by atoms with Crippen LogP contribution in [0.5, 0.6) is 11.5 Å². The van der Waals surface area contributed by atoms with E-state index < -0.39 is 25.2 Å². The summed E-state index contributed by atoms with van der Waals surface area (Å²) in [4.78, 5) is 11.2. The van der Waals surface area contributed by atoms with Crippen LogP contribution in [0.15, 0.2) is 18.2 Å². The van der Waals surface area contributed by atoms with E-state index in [1.165, 1.54) is 7.11 Å². The largest absolute Gasteiger partial charge is 0.493 e. The molecule has 1 aromatic rings. The highest BCUT2D eigenvalue weighted by Crippen LogP contribution is 2.29. The Balaban J connectivity index is 2.61. The first kappa shape index (κ1) is 17.1. The lowest BCUT2D eigenvalue weighted by atomic mass is 10.1. The maximum absolute atomic E-state index is 11.9. The highest BCUT2D eigenvalue weighted by atomic mass is 19.4. The number of amides is 1. The Morgan fingerprint density at radius 2 is 2.05 bits per heavy atom. The Morgan fingerprint density at radius 1 is 1.38 bits per heavy atom. The van der Waals surface area contributed by atoms with Gasteiger partial charge >= 0.3 is 6.18 Å². The second-order valence-corrected chi connectivity index (χ2v) is 4.38. The Kier molecular flexibility index (Phi) is 5.83. The molecule has 0 aromatic heterocycles. The first-order valence-electron chi connectivity index (χ1n) is 6.12. The molecule has 0 unspecified atom stereocenters. The van der Waals surface area contributed by atoms with Crippen LogP contribution in [0.25, 0.3) is 0 Å². The number of benzene rings is 1. The van der Waals surface area contributed by atoms with Crippen LogP contribution < -0.4 is 20.5 Å². The van der Waals surface area contributed by atoms with Crippen molar-refractivity contribution in [2.75, 3.05) is 20.3 Å². The van der Waals surface area contributed by atoms with Crippen LogP contribution in [0, 0.1) is 0 Å². The lowest BCUT2D eigenvalue weighted by molar-refractivity contribution is -0.139. The molecule has 0 saturated carbocycles. The molecule has 0 radical (unpaired) electrons. The van der Waals surface area contributed by atoms with Gasteiger partial charge in [-0.05, 0) is 24.6 Å². The van der Waals surface area contributed by atoms with Gasteiger partial charge in [-0.1, -0.05) is 6.07 Å². The van der Waals surface area contributed by atoms with E-state index in [1.807, 2.05) is 0 Å². The number of carbonyl (C=O) groups excluding carboxylic acids is 1. The van der Waals surface area contributed by atoms with Crippen LogP contribution in [0.3, 0.4) is 0 Å². The highest BCUT2D eigenvalue weighted by molar-refractivity contribution is 5.77. The Labute approximate surface area is 120 Å². The van der Waals surface area contributed by atoms with Crippen LogP contribution in [-0.2, 0) is 4.79 Å². The first-order chi connectivity index (χ1) is 9.73. The fourth-order valence-corrected chi connectivity index (χ4v) is 1.48. The molecule has 8 heteroatoms. The molecule has 0 aliphatic heterocycles. The Morgan fingerprint density at radius 3 is 2.57 bits per heavy atom. The van der Waals surface area contributed by atoms with Gasteiger partial charge in [-0.15, -0.1) is 0 Å². The van der Waals surface area contributed by atoms with Gasteiger partial charge < -0.3 is 20.5 Å². The summed E-state index contributed by atoms with van der Waals surface area (Å²) in [6, 6.07) is 4.68. The third-order valence-corrected chi connectivity index (χ3v) is 2.56. The molecule has 118 valence electrons. The molecular formula is C13H17F3N2O3. The maximum atomic E-state index is 11.9. The minimum atomic E-state index is -4.45. The molecule has 0 spiro atoms. The number of nitrogens with two attached hydrogens (primary N) is 1. The average Bonchev–Trinajstić information content (AvgIpc) is 2.41. The highest BCUT2D eigenvalue weighted by Gasteiger charge is 2.27. The van der Waals surface area contributed by atoms with E-state index in [9.17, 15) is 18.0 Å². The zero-order valence-electron chi connectivity index (χ0n) is 11.7. The second kappa shape index (κ2) is 7.16. The normalized spacial score (nSPS) is 12.7. The van der Waals surface area contributed by atoms with Crippen LogP contribution in [0.2, 0.25) is 0 Å². The summed E-state index contributed by atoms with van der Waals surface area (Å²) in [5.74, 6) is -0.261. The van der Waals surface area contributed by atoms with Crippen molar-refractivity contribution in [3.05, 3.63) is 23.8 Å². The van der Waals surface area contributed by atoms with E-state index in [2.05, 4.69) is 0 Å². The summed E-state index contributed by atoms with van der Waals surface area (Å²) in [5.41, 5.74) is 6.53. The fraction of sp³-hybridized carbons (Fsp3) is 0.462. The van der Waals surface area contributed by atoms with Crippen LogP contribution in [-0.4, -0.2) is 32.3 Å². The molecule has 3 N–H and O–H groups in total. The second-order valence-electron chi connectivity index (χ2n) is 4.38. The van der Waals surface area contributed by atoms with E-state index in [-0.39, 0.29) is 11.8 Å². The first-order valence-corrected chi connectivity index (χ1v) is 6.12. The number of halogens is 3. The lowest BCUT2D eigenvalue weighted by Gasteiger charge is -2.14. The summed E-state index contributed by atoms with van der Waals surface area (Å²) in [6.45, 7) is -0.139.